The minimum absolute atomic E-state index is 0.588. The quantitative estimate of drug-likeness (QED) is 0.148. The van der Waals surface area contributed by atoms with Crippen molar-refractivity contribution in [2.75, 3.05) is 4.90 Å². The number of hydrogen-bond acceptors (Lipinski definition) is 1. The fourth-order valence-corrected chi connectivity index (χ4v) is 11.2. The number of anilines is 3. The third-order valence-electron chi connectivity index (χ3n) is 14.0. The van der Waals surface area contributed by atoms with Gasteiger partial charge in [-0.1, -0.05) is 218 Å². The molecule has 1 unspecified atom stereocenters. The first-order valence-electron chi connectivity index (χ1n) is 23.2. The smallest absolute Gasteiger partial charge is 0.0714 e. The molecule has 0 saturated heterocycles. The molecular formula is C65H44N2. The highest BCUT2D eigenvalue weighted by Crippen LogP contribution is 2.58. The summed E-state index contributed by atoms with van der Waals surface area (Å²) in [6.45, 7) is 0. The van der Waals surface area contributed by atoms with Crippen LogP contribution < -0.4 is 4.90 Å². The molecule has 0 aliphatic heterocycles. The second-order valence-corrected chi connectivity index (χ2v) is 17.6. The summed E-state index contributed by atoms with van der Waals surface area (Å²) in [6.07, 6.45) is 0. The van der Waals surface area contributed by atoms with E-state index in [-0.39, 0.29) is 0 Å². The lowest BCUT2D eigenvalue weighted by molar-refractivity contribution is 0.769. The normalized spacial score (nSPS) is 14.0. The van der Waals surface area contributed by atoms with Gasteiger partial charge >= 0.3 is 0 Å². The molecule has 1 aliphatic rings. The Bertz CT molecular complexity index is 3800. The average molecular weight is 853 g/mol. The molecule has 0 bridgehead atoms. The average Bonchev–Trinajstić information content (AvgIpc) is 3.90. The fourth-order valence-electron chi connectivity index (χ4n) is 11.2. The van der Waals surface area contributed by atoms with Crippen molar-refractivity contribution in [1.82, 2.24) is 4.57 Å². The molecule has 0 radical (unpaired) electrons. The van der Waals surface area contributed by atoms with Gasteiger partial charge in [0.25, 0.3) is 0 Å². The minimum Gasteiger partial charge on any atom is -0.310 e. The summed E-state index contributed by atoms with van der Waals surface area (Å²) in [7, 11) is 0. The van der Waals surface area contributed by atoms with E-state index in [0.717, 1.165) is 28.3 Å². The summed E-state index contributed by atoms with van der Waals surface area (Å²) in [5.41, 5.74) is 18.5. The Morgan fingerprint density at radius 1 is 0.313 bits per heavy atom. The summed E-state index contributed by atoms with van der Waals surface area (Å²) in [5, 5.41) is 4.89. The zero-order valence-corrected chi connectivity index (χ0v) is 36.8. The van der Waals surface area contributed by atoms with Gasteiger partial charge in [-0.2, -0.15) is 0 Å². The Morgan fingerprint density at radius 2 is 0.896 bits per heavy atom. The van der Waals surface area contributed by atoms with E-state index in [4.69, 9.17) is 0 Å². The second-order valence-electron chi connectivity index (χ2n) is 17.6. The van der Waals surface area contributed by atoms with Gasteiger partial charge in [0, 0.05) is 38.8 Å². The van der Waals surface area contributed by atoms with Gasteiger partial charge in [-0.05, 0) is 104 Å². The second kappa shape index (κ2) is 15.8. The van der Waals surface area contributed by atoms with Crippen molar-refractivity contribution in [3.05, 3.63) is 289 Å². The maximum absolute atomic E-state index is 2.52. The molecule has 1 aromatic heterocycles. The third kappa shape index (κ3) is 6.11. The monoisotopic (exact) mass is 852 g/mol. The fraction of sp³-hybridized carbons (Fsp3) is 0.0154. The van der Waals surface area contributed by atoms with E-state index in [1.807, 2.05) is 0 Å². The molecule has 1 aliphatic carbocycles. The van der Waals surface area contributed by atoms with Crippen LogP contribution in [0, 0.1) is 0 Å². The largest absolute Gasteiger partial charge is 0.310 e. The maximum atomic E-state index is 2.52. The van der Waals surface area contributed by atoms with Gasteiger partial charge in [0.2, 0.25) is 0 Å². The molecular weight excluding hydrogens is 809 g/mol. The van der Waals surface area contributed by atoms with Gasteiger partial charge < -0.3 is 9.47 Å². The van der Waals surface area contributed by atoms with Crippen LogP contribution in [0.3, 0.4) is 0 Å². The number of benzene rings is 11. The van der Waals surface area contributed by atoms with Crippen LogP contribution in [0.2, 0.25) is 0 Å². The first kappa shape index (κ1) is 38.7. The lowest BCUT2D eigenvalue weighted by atomic mass is 9.67. The molecule has 11 aromatic carbocycles. The van der Waals surface area contributed by atoms with E-state index < -0.39 is 5.41 Å². The molecule has 13 rings (SSSR count). The van der Waals surface area contributed by atoms with Crippen molar-refractivity contribution in [1.29, 1.82) is 0 Å². The van der Waals surface area contributed by atoms with Gasteiger partial charge in [0.15, 0.2) is 0 Å². The molecule has 12 aromatic rings. The minimum atomic E-state index is -0.588. The Morgan fingerprint density at radius 3 is 1.70 bits per heavy atom. The third-order valence-corrected chi connectivity index (χ3v) is 14.0. The zero-order chi connectivity index (χ0) is 44.3. The van der Waals surface area contributed by atoms with Crippen molar-refractivity contribution >= 4 is 49.6 Å². The number of hydrogen-bond donors (Lipinski definition) is 0. The highest BCUT2D eigenvalue weighted by atomic mass is 15.1. The van der Waals surface area contributed by atoms with Crippen LogP contribution in [0.1, 0.15) is 22.3 Å². The van der Waals surface area contributed by atoms with Crippen molar-refractivity contribution in [3.63, 3.8) is 0 Å². The van der Waals surface area contributed by atoms with Crippen LogP contribution in [0.4, 0.5) is 17.1 Å². The van der Waals surface area contributed by atoms with Crippen molar-refractivity contribution in [3.8, 4) is 39.1 Å². The molecule has 1 atom stereocenters. The number of para-hydroxylation sites is 2. The highest BCUT2D eigenvalue weighted by molar-refractivity contribution is 6.19. The Balaban J connectivity index is 1.08. The van der Waals surface area contributed by atoms with Gasteiger partial charge in [-0.15, -0.1) is 0 Å². The molecule has 0 saturated carbocycles. The summed E-state index contributed by atoms with van der Waals surface area (Å²) >= 11 is 0. The molecule has 314 valence electrons. The Hall–Kier alpha value is -8.72. The van der Waals surface area contributed by atoms with E-state index in [1.165, 1.54) is 82.7 Å². The lowest BCUT2D eigenvalue weighted by Gasteiger charge is -2.35. The van der Waals surface area contributed by atoms with E-state index in [9.17, 15) is 0 Å². The molecule has 0 fully saturated rings. The molecule has 0 amide bonds. The van der Waals surface area contributed by atoms with Crippen LogP contribution in [-0.4, -0.2) is 4.57 Å². The molecule has 0 spiro atoms. The van der Waals surface area contributed by atoms with Crippen LogP contribution in [0.15, 0.2) is 267 Å². The molecule has 2 nitrogen and oxygen atoms in total. The summed E-state index contributed by atoms with van der Waals surface area (Å²) in [5.74, 6) is 0. The number of fused-ring (bicyclic) bond motifs is 8. The van der Waals surface area contributed by atoms with Gasteiger partial charge in [0.1, 0.15) is 0 Å². The first-order chi connectivity index (χ1) is 33.3. The topological polar surface area (TPSA) is 8.17 Å². The van der Waals surface area contributed by atoms with Gasteiger partial charge in [0.05, 0.1) is 22.1 Å². The predicted molar refractivity (Wildman–Crippen MR) is 281 cm³/mol. The van der Waals surface area contributed by atoms with Crippen LogP contribution in [-0.2, 0) is 5.41 Å². The van der Waals surface area contributed by atoms with Crippen LogP contribution in [0.5, 0.6) is 0 Å². The van der Waals surface area contributed by atoms with E-state index >= 15 is 0 Å². The summed E-state index contributed by atoms with van der Waals surface area (Å²) in [4.78, 5) is 2.45. The lowest BCUT2D eigenvalue weighted by Crippen LogP contribution is -2.29. The summed E-state index contributed by atoms with van der Waals surface area (Å²) in [6, 6.07) is 98.2. The predicted octanol–water partition coefficient (Wildman–Crippen LogP) is 17.1. The van der Waals surface area contributed by atoms with Crippen molar-refractivity contribution in [2.45, 2.75) is 5.41 Å². The highest BCUT2D eigenvalue weighted by Gasteiger charge is 2.46. The maximum Gasteiger partial charge on any atom is 0.0714 e. The molecule has 0 N–H and O–H groups in total. The first-order valence-corrected chi connectivity index (χ1v) is 23.2. The standard InChI is InChI=1S/C65H44N2/c1-5-20-45(21-6-1)48-25-19-28-50(42-48)65(49-26-9-3-10-27-49)60-34-17-15-33-56(60)57-40-37-52(43-61(57)65)66(51-29-11-4-12-30-51)53-38-41-58-59-39-36-47-24-13-14-32-55(47)64(59)67(63(58)44-53)62-35-18-16-31-54(62)46-22-7-2-8-23-46/h1-44H. The van der Waals surface area contributed by atoms with Crippen LogP contribution >= 0.6 is 0 Å². The summed E-state index contributed by atoms with van der Waals surface area (Å²) < 4.78 is 2.52. The van der Waals surface area contributed by atoms with E-state index in [0.29, 0.717) is 0 Å². The number of rotatable bonds is 8. The van der Waals surface area contributed by atoms with Gasteiger partial charge in [-0.25, -0.2) is 0 Å². The Kier molecular flexibility index (Phi) is 9.11. The number of aromatic nitrogens is 1. The Labute approximate surface area is 390 Å². The van der Waals surface area contributed by atoms with Crippen molar-refractivity contribution in [2.24, 2.45) is 0 Å². The molecule has 2 heteroatoms. The van der Waals surface area contributed by atoms with Crippen LogP contribution in [0.25, 0.3) is 71.6 Å². The van der Waals surface area contributed by atoms with Gasteiger partial charge in [-0.3, -0.25) is 0 Å². The SMILES string of the molecule is c1ccc(-c2cccc(C3(c4ccccc4)c4ccccc4-c4ccc(N(c5ccccc5)c5ccc6c7ccc8ccccc8c7n(-c7ccccc7-c7ccccc7)c6c5)cc43)c2)cc1. The van der Waals surface area contributed by atoms with E-state index in [2.05, 4.69) is 276 Å². The number of nitrogens with zero attached hydrogens (tertiary/aromatic N) is 2. The van der Waals surface area contributed by atoms with Crippen molar-refractivity contribution < 1.29 is 0 Å². The molecule has 67 heavy (non-hydrogen) atoms. The van der Waals surface area contributed by atoms with E-state index in [1.54, 1.807) is 0 Å². The molecule has 1 heterocycles. The zero-order valence-electron chi connectivity index (χ0n) is 36.8.